The number of carbonyl (C=O) groups excluding carboxylic acids is 1. The topological polar surface area (TPSA) is 75.7 Å². The third kappa shape index (κ3) is 5.09. The van der Waals surface area contributed by atoms with E-state index in [-0.39, 0.29) is 17.9 Å². The fourth-order valence-corrected chi connectivity index (χ4v) is 4.96. The number of amides is 1. The molecule has 34 heavy (non-hydrogen) atoms. The van der Waals surface area contributed by atoms with Crippen molar-refractivity contribution in [1.29, 1.82) is 0 Å². The summed E-state index contributed by atoms with van der Waals surface area (Å²) in [5.74, 6) is -0.00213. The van der Waals surface area contributed by atoms with Crippen LogP contribution in [0.3, 0.4) is 0 Å². The average Bonchev–Trinajstić information content (AvgIpc) is 2.81. The van der Waals surface area contributed by atoms with Crippen molar-refractivity contribution in [3.63, 3.8) is 0 Å². The highest BCUT2D eigenvalue weighted by atomic mass is 32.2. The highest BCUT2D eigenvalue weighted by Gasteiger charge is 2.36. The number of sulfonamides is 1. The Hall–Kier alpha value is -3.32. The Morgan fingerprint density at radius 3 is 2.03 bits per heavy atom. The van der Waals surface area contributed by atoms with E-state index in [4.69, 9.17) is 4.74 Å². The fraction of sp³-hybridized carbons (Fsp3) is 0.296. The summed E-state index contributed by atoms with van der Waals surface area (Å²) in [7, 11) is -3.63. The van der Waals surface area contributed by atoms with Gasteiger partial charge in [-0.3, -0.25) is 9.10 Å². The fourth-order valence-electron chi connectivity index (χ4n) is 4.05. The molecule has 3 aromatic rings. The van der Waals surface area contributed by atoms with Crippen LogP contribution < -0.4 is 14.4 Å². The van der Waals surface area contributed by atoms with Crippen LogP contribution in [0.2, 0.25) is 0 Å². The van der Waals surface area contributed by atoms with Gasteiger partial charge in [-0.1, -0.05) is 87.5 Å². The van der Waals surface area contributed by atoms with Gasteiger partial charge < -0.3 is 10.1 Å². The first-order valence-corrected chi connectivity index (χ1v) is 13.1. The third-order valence-corrected chi connectivity index (χ3v) is 7.09. The number of anilines is 1. The number of ether oxygens (including phenoxy) is 1. The van der Waals surface area contributed by atoms with Gasteiger partial charge in [-0.25, -0.2) is 8.42 Å². The molecule has 178 valence electrons. The van der Waals surface area contributed by atoms with E-state index < -0.39 is 22.2 Å². The van der Waals surface area contributed by atoms with Crippen LogP contribution in [0, 0.1) is 0 Å². The number of rotatable bonds is 5. The van der Waals surface area contributed by atoms with E-state index in [0.717, 1.165) is 22.9 Å². The van der Waals surface area contributed by atoms with Gasteiger partial charge in [-0.15, -0.1) is 0 Å². The number of hydrogen-bond acceptors (Lipinski definition) is 4. The van der Waals surface area contributed by atoms with Gasteiger partial charge in [0.25, 0.3) is 5.91 Å². The van der Waals surface area contributed by atoms with Gasteiger partial charge in [0.05, 0.1) is 24.5 Å². The first-order valence-electron chi connectivity index (χ1n) is 11.2. The monoisotopic (exact) mass is 478 g/mol. The predicted molar refractivity (Wildman–Crippen MR) is 135 cm³/mol. The van der Waals surface area contributed by atoms with E-state index in [1.807, 2.05) is 72.8 Å². The lowest BCUT2D eigenvalue weighted by Crippen LogP contribution is -2.51. The molecule has 0 aromatic heterocycles. The molecular weight excluding hydrogens is 448 g/mol. The lowest BCUT2D eigenvalue weighted by molar-refractivity contribution is -0.128. The number of hydrogen-bond donors (Lipinski definition) is 1. The summed E-state index contributed by atoms with van der Waals surface area (Å²) >= 11 is 0. The molecule has 0 saturated carbocycles. The second kappa shape index (κ2) is 9.14. The number of carbonyl (C=O) groups is 1. The van der Waals surface area contributed by atoms with Gasteiger partial charge in [-0.2, -0.15) is 0 Å². The van der Waals surface area contributed by atoms with E-state index in [0.29, 0.717) is 11.4 Å². The van der Waals surface area contributed by atoms with Gasteiger partial charge >= 0.3 is 0 Å². The summed E-state index contributed by atoms with van der Waals surface area (Å²) in [4.78, 5) is 13.4. The summed E-state index contributed by atoms with van der Waals surface area (Å²) in [6, 6.07) is 24.4. The molecule has 1 N–H and O–H groups in total. The van der Waals surface area contributed by atoms with Crippen LogP contribution in [-0.4, -0.2) is 33.2 Å². The molecule has 7 heteroatoms. The number of nitrogens with zero attached hydrogens (tertiary/aromatic N) is 1. The first-order chi connectivity index (χ1) is 16.0. The zero-order valence-electron chi connectivity index (χ0n) is 19.9. The molecule has 1 atom stereocenters. The van der Waals surface area contributed by atoms with E-state index in [9.17, 15) is 13.2 Å². The molecule has 0 saturated heterocycles. The van der Waals surface area contributed by atoms with Crippen LogP contribution >= 0.6 is 0 Å². The maximum Gasteiger partial charge on any atom is 0.263 e. The largest absolute Gasteiger partial charge is 0.476 e. The molecule has 1 heterocycles. The SMILES string of the molecule is CC(C)(C)c1ccc2c(c1)N(S(C)(=O)=O)CC(C(=O)NC(c1ccccc1)c1ccccc1)O2. The average molecular weight is 479 g/mol. The normalized spacial score (nSPS) is 16.0. The molecule has 0 radical (unpaired) electrons. The van der Waals surface area contributed by atoms with Crippen molar-refractivity contribution in [2.45, 2.75) is 38.3 Å². The van der Waals surface area contributed by atoms with Crippen molar-refractivity contribution >= 4 is 21.6 Å². The van der Waals surface area contributed by atoms with Crippen molar-refractivity contribution in [3.05, 3.63) is 95.6 Å². The van der Waals surface area contributed by atoms with Crippen LogP contribution in [0.1, 0.15) is 43.5 Å². The Labute approximate surface area is 201 Å². The van der Waals surface area contributed by atoms with Crippen LogP contribution in [0.15, 0.2) is 78.9 Å². The maximum atomic E-state index is 13.4. The first kappa shape index (κ1) is 23.8. The second-order valence-corrected chi connectivity index (χ2v) is 11.5. The van der Waals surface area contributed by atoms with Crippen molar-refractivity contribution in [1.82, 2.24) is 5.32 Å². The Kier molecular flexibility index (Phi) is 6.41. The molecule has 0 bridgehead atoms. The molecule has 3 aromatic carbocycles. The lowest BCUT2D eigenvalue weighted by atomic mass is 9.86. The number of nitrogens with one attached hydrogen (secondary N) is 1. The molecule has 1 aliphatic rings. The minimum atomic E-state index is -3.63. The van der Waals surface area contributed by atoms with Crippen molar-refractivity contribution in [3.8, 4) is 5.75 Å². The highest BCUT2D eigenvalue weighted by molar-refractivity contribution is 7.92. The van der Waals surface area contributed by atoms with Crippen LogP contribution in [0.5, 0.6) is 5.75 Å². The van der Waals surface area contributed by atoms with Crippen LogP contribution in [-0.2, 0) is 20.2 Å². The van der Waals surface area contributed by atoms with Gasteiger partial charge in [0, 0.05) is 0 Å². The molecule has 6 nitrogen and oxygen atoms in total. The Morgan fingerprint density at radius 1 is 0.971 bits per heavy atom. The zero-order valence-corrected chi connectivity index (χ0v) is 20.7. The van der Waals surface area contributed by atoms with Gasteiger partial charge in [-0.05, 0) is 34.2 Å². The molecule has 0 spiro atoms. The van der Waals surface area contributed by atoms with Crippen molar-refractivity contribution < 1.29 is 17.9 Å². The highest BCUT2D eigenvalue weighted by Crippen LogP contribution is 2.38. The minimum Gasteiger partial charge on any atom is -0.476 e. The summed E-state index contributed by atoms with van der Waals surface area (Å²) in [6.45, 7) is 6.09. The molecular formula is C27H30N2O4S. The maximum absolute atomic E-state index is 13.4. The summed E-state index contributed by atoms with van der Waals surface area (Å²) in [5.41, 5.74) is 3.13. The Balaban J connectivity index is 1.66. The van der Waals surface area contributed by atoms with E-state index in [2.05, 4.69) is 26.1 Å². The molecule has 1 amide bonds. The lowest BCUT2D eigenvalue weighted by Gasteiger charge is -2.35. The smallest absolute Gasteiger partial charge is 0.263 e. The third-order valence-electron chi connectivity index (χ3n) is 5.94. The minimum absolute atomic E-state index is 0.0957. The van der Waals surface area contributed by atoms with Gasteiger partial charge in [0.2, 0.25) is 10.0 Å². The molecule has 0 aliphatic carbocycles. The van der Waals surface area contributed by atoms with E-state index in [1.165, 1.54) is 4.31 Å². The molecule has 4 rings (SSSR count). The number of benzene rings is 3. The summed E-state index contributed by atoms with van der Waals surface area (Å²) < 4.78 is 32.7. The standard InChI is InChI=1S/C27H30N2O4S/c1-27(2,3)21-15-16-23-22(17-21)29(34(4,31)32)18-24(33-23)26(30)28-25(19-11-7-5-8-12-19)20-13-9-6-10-14-20/h5-17,24-25H,18H2,1-4H3,(H,28,30). The predicted octanol–water partition coefficient (Wildman–Crippen LogP) is 4.42. The van der Waals surface area contributed by atoms with E-state index >= 15 is 0 Å². The molecule has 1 unspecified atom stereocenters. The quantitative estimate of drug-likeness (QED) is 0.589. The molecule has 1 aliphatic heterocycles. The number of fused-ring (bicyclic) bond motifs is 1. The Bertz CT molecular complexity index is 1230. The van der Waals surface area contributed by atoms with Gasteiger partial charge in [0.15, 0.2) is 6.10 Å². The second-order valence-electron chi connectivity index (χ2n) is 9.60. The van der Waals surface area contributed by atoms with Crippen molar-refractivity contribution in [2.75, 3.05) is 17.1 Å². The van der Waals surface area contributed by atoms with Crippen LogP contribution in [0.4, 0.5) is 5.69 Å². The summed E-state index contributed by atoms with van der Waals surface area (Å²) in [6.07, 6.45) is 0.162. The van der Waals surface area contributed by atoms with Crippen molar-refractivity contribution in [2.24, 2.45) is 0 Å². The van der Waals surface area contributed by atoms with E-state index in [1.54, 1.807) is 6.07 Å². The molecule has 0 fully saturated rings. The summed E-state index contributed by atoms with van der Waals surface area (Å²) in [5, 5.41) is 3.07. The van der Waals surface area contributed by atoms with Crippen LogP contribution in [0.25, 0.3) is 0 Å². The Morgan fingerprint density at radius 2 is 1.53 bits per heavy atom. The van der Waals surface area contributed by atoms with Gasteiger partial charge in [0.1, 0.15) is 5.75 Å². The zero-order chi connectivity index (χ0) is 24.5.